The maximum Gasteiger partial charge on any atom is 0.0356 e. The summed E-state index contributed by atoms with van der Waals surface area (Å²) in [4.78, 5) is 0. The van der Waals surface area contributed by atoms with E-state index in [2.05, 4.69) is 409 Å². The fourth-order valence-electron chi connectivity index (χ4n) is 32.5. The molecule has 1 atom stereocenters. The first-order valence-corrected chi connectivity index (χ1v) is 53.9. The second kappa shape index (κ2) is 31.7. The van der Waals surface area contributed by atoms with Crippen molar-refractivity contribution >= 4 is 97.3 Å². The Balaban J connectivity index is 0.000000127. The quantitative estimate of drug-likeness (QED) is 0.133. The molecule has 0 nitrogen and oxygen atoms in total. The second-order valence-electron chi connectivity index (χ2n) is 52.8. The maximum absolute atomic E-state index is 2.49. The van der Waals surface area contributed by atoms with Crippen LogP contribution in [0.5, 0.6) is 0 Å². The summed E-state index contributed by atoms with van der Waals surface area (Å²) >= 11 is 0. The van der Waals surface area contributed by atoms with Crippen molar-refractivity contribution in [2.45, 2.75) is 459 Å². The number of hydrogen-bond donors (Lipinski definition) is 0. The van der Waals surface area contributed by atoms with Gasteiger partial charge < -0.3 is 0 Å². The summed E-state index contributed by atoms with van der Waals surface area (Å²) in [5, 5.41) is 24.4. The maximum atomic E-state index is 2.49. The van der Waals surface area contributed by atoms with Gasteiger partial charge in [-0.15, -0.1) is 0 Å². The highest BCUT2D eigenvalue weighted by atomic mass is 14.6. The van der Waals surface area contributed by atoms with Gasteiger partial charge in [-0.05, 0) is 711 Å². The van der Waals surface area contributed by atoms with Crippen molar-refractivity contribution in [3.63, 3.8) is 0 Å². The molecule has 9 aliphatic carbocycles. The van der Waals surface area contributed by atoms with Gasteiger partial charge in [-0.3, -0.25) is 0 Å². The van der Waals surface area contributed by atoms with E-state index in [0.717, 1.165) is 0 Å². The zero-order valence-corrected chi connectivity index (χ0v) is 99.6. The molecular weight excluding hydrogens is 1690 g/mol. The number of hydrogen-bond acceptors (Lipinski definition) is 0. The lowest BCUT2D eigenvalue weighted by molar-refractivity contribution is 0.223. The molecule has 0 bridgehead atoms. The molecule has 0 saturated carbocycles. The number of benzene rings is 12. The van der Waals surface area contributed by atoms with Gasteiger partial charge in [-0.25, -0.2) is 0 Å². The number of allylic oxidation sites excluding steroid dienone is 14. The molecule has 141 heavy (non-hydrogen) atoms. The lowest BCUT2D eigenvalue weighted by atomic mass is 9.61. The third-order valence-electron chi connectivity index (χ3n) is 46.0. The number of rotatable bonds is 0. The summed E-state index contributed by atoms with van der Waals surface area (Å²) in [5.74, 6) is 0.456. The van der Waals surface area contributed by atoms with Gasteiger partial charge in [0.05, 0.1) is 0 Å². The van der Waals surface area contributed by atoms with Crippen molar-refractivity contribution in [1.82, 2.24) is 0 Å². The largest absolute Gasteiger partial charge is 0.0776 e. The van der Waals surface area contributed by atoms with E-state index in [-0.39, 0.29) is 61.6 Å². The third-order valence-corrected chi connectivity index (χ3v) is 46.0. The van der Waals surface area contributed by atoms with Gasteiger partial charge in [0.2, 0.25) is 0 Å². The van der Waals surface area contributed by atoms with Crippen molar-refractivity contribution in [1.29, 1.82) is 0 Å². The van der Waals surface area contributed by atoms with Crippen LogP contribution < -0.4 is 0 Å². The van der Waals surface area contributed by atoms with Crippen molar-refractivity contribution in [2.24, 2.45) is 16.7 Å². The third kappa shape index (κ3) is 12.1. The minimum absolute atomic E-state index is 0. The molecule has 12 aromatic rings. The zero-order valence-electron chi connectivity index (χ0n) is 99.6. The monoisotopic (exact) mass is 1880 g/mol. The van der Waals surface area contributed by atoms with Gasteiger partial charge >= 0.3 is 0 Å². The first-order valence-electron chi connectivity index (χ1n) is 53.9. The Hall–Kier alpha value is -9.10. The van der Waals surface area contributed by atoms with E-state index >= 15 is 0 Å². The number of aryl methyl sites for hydroxylation is 14. The van der Waals surface area contributed by atoms with Gasteiger partial charge in [-0.1, -0.05) is 146 Å². The Morgan fingerprint density at radius 1 is 0.113 bits per heavy atom. The summed E-state index contributed by atoms with van der Waals surface area (Å²) in [5.41, 5.74) is 82.9. The minimum atomic E-state index is 0. The van der Waals surface area contributed by atoms with Crippen LogP contribution in [0.3, 0.4) is 0 Å². The summed E-state index contributed by atoms with van der Waals surface area (Å²) in [6.45, 7) is 141. The Kier molecular flexibility index (Phi) is 23.6. The molecule has 0 saturated heterocycles. The normalized spacial score (nSPS) is 19.6. The minimum Gasteiger partial charge on any atom is -0.0776 e. The number of fused-ring (bicyclic) bond motifs is 8. The van der Waals surface area contributed by atoms with Crippen LogP contribution in [-0.2, 0) is 43.3 Å². The molecule has 12 aromatic carbocycles. The molecule has 0 radical (unpaired) electrons. The van der Waals surface area contributed by atoms with Crippen molar-refractivity contribution in [3.8, 4) is 0 Å². The van der Waals surface area contributed by atoms with Crippen LogP contribution in [0.1, 0.15) is 431 Å². The fourth-order valence-corrected chi connectivity index (χ4v) is 32.5. The van der Waals surface area contributed by atoms with Crippen LogP contribution >= 0.6 is 0 Å². The van der Waals surface area contributed by atoms with E-state index in [4.69, 9.17) is 0 Å². The van der Waals surface area contributed by atoms with Crippen LogP contribution in [-0.4, -0.2) is 0 Å². The molecule has 746 valence electrons. The predicted molar refractivity (Wildman–Crippen MR) is 630 cm³/mol. The molecule has 0 aliphatic heterocycles. The van der Waals surface area contributed by atoms with E-state index in [1.807, 2.05) is 0 Å². The first-order chi connectivity index (χ1) is 64.0. The summed E-state index contributed by atoms with van der Waals surface area (Å²) in [6.07, 6.45) is 0. The van der Waals surface area contributed by atoms with Crippen LogP contribution in [0, 0.1) is 224 Å². The molecule has 0 fully saturated rings. The molecule has 21 rings (SSSR count). The van der Waals surface area contributed by atoms with Crippen molar-refractivity contribution in [2.75, 3.05) is 0 Å². The average Bonchev–Trinajstić information content (AvgIpc) is 1.55. The Morgan fingerprint density at radius 2 is 0.291 bits per heavy atom. The molecular formula is C141H182. The van der Waals surface area contributed by atoms with Crippen molar-refractivity contribution in [3.05, 3.63) is 289 Å². The Labute approximate surface area is 856 Å². The van der Waals surface area contributed by atoms with Gasteiger partial charge in [0.15, 0.2) is 0 Å². The summed E-state index contributed by atoms with van der Waals surface area (Å²) < 4.78 is 0. The van der Waals surface area contributed by atoms with E-state index in [9.17, 15) is 0 Å². The Bertz CT molecular complexity index is 7840. The average molecular weight is 1880 g/mol. The standard InChI is InChI=1S/C34H42.2C28H36.C26H34.C24H30.CH4/c1-15-17(3)21(7)27-25(19(15)5)23(9)31-30-29(27)28-22(8)18(4)16(2)20(6)26(28)24(10)32(30)34(13,14)33(31,11)12;2*1-13-14(2)17(5)22-21(16(13)4)20(8)26-24-23(22)18(6)15(3)19(7)25(24)27(9,10)28(26,11)12;1-12-13(2)19-15(4)17(6)23-22-21(19)20(14(12)3)16(5)18(7)24(22)26(10,11)25(23,8)9;1-11-12(2)18-14(4)16(6)22-20-19(18)17(11)13(3)15(5)21(20)23(7,8)24(22,9)10;/h1-14H3;2*1-12H3;21H,1-11H3;1-10H3;1H4. The summed E-state index contributed by atoms with van der Waals surface area (Å²) in [6, 6.07) is 0. The summed E-state index contributed by atoms with van der Waals surface area (Å²) in [7, 11) is 0. The highest BCUT2D eigenvalue weighted by Crippen LogP contribution is 2.72. The van der Waals surface area contributed by atoms with E-state index in [1.165, 1.54) is 287 Å². The molecule has 0 heterocycles. The Morgan fingerprint density at radius 3 is 0.546 bits per heavy atom. The van der Waals surface area contributed by atoms with Crippen LogP contribution in [0.25, 0.3) is 97.3 Å². The smallest absolute Gasteiger partial charge is 0.0356 e. The molecule has 0 aromatic heterocycles. The van der Waals surface area contributed by atoms with Crippen LogP contribution in [0.15, 0.2) is 66.9 Å². The molecule has 0 amide bonds. The lowest BCUT2D eigenvalue weighted by Crippen LogP contribution is -2.37. The van der Waals surface area contributed by atoms with Crippen LogP contribution in [0.2, 0.25) is 0 Å². The van der Waals surface area contributed by atoms with Crippen LogP contribution in [0.4, 0.5) is 0 Å². The molecule has 1 unspecified atom stereocenters. The van der Waals surface area contributed by atoms with Crippen molar-refractivity contribution < 1.29 is 0 Å². The van der Waals surface area contributed by atoms with E-state index in [0.29, 0.717) is 5.92 Å². The van der Waals surface area contributed by atoms with E-state index in [1.54, 1.807) is 99.3 Å². The second-order valence-corrected chi connectivity index (χ2v) is 52.8. The molecule has 0 spiro atoms. The SMILES string of the molecule is C.CC1=C(C)C2=C(C)C(C)=C3C4=C(C(C)=C(C)C(=C1C)C24)C(C)(C)C3(C)C.CC1=C(C)c2c(C)c(C)c3c4c(c(C)c(C)c1c24)C(C)(C)C3(C)C.Cc1c(C)c(C)c2c(c1C)c(C)c1c3c(c(C)c(C)c(C)c32)C(C)(C)C1(C)C.Cc1c(C)c(C)c2c(c1C)c(C)c1c3c(c(C)c(C)c(C)c32)C(C)(C)C1(C)C.Cc1c(C)c(C)c2c(c1C)c(C)c1c3c(c(C)c4c(C)c(C)c(C)c(C)c4c32)C(C)(C)C1(C)C. The van der Waals surface area contributed by atoms with Gasteiger partial charge in [0.25, 0.3) is 0 Å². The highest BCUT2D eigenvalue weighted by molar-refractivity contribution is 6.29. The molecule has 0 heteroatoms. The van der Waals surface area contributed by atoms with Gasteiger partial charge in [-0.2, -0.15) is 0 Å². The lowest BCUT2D eigenvalue weighted by Gasteiger charge is -2.43. The fraction of sp³-hybridized carbons (Fsp3) is 0.504. The molecule has 9 aliphatic rings. The highest BCUT2D eigenvalue weighted by Gasteiger charge is 2.60. The van der Waals surface area contributed by atoms with Gasteiger partial charge in [0, 0.05) is 5.92 Å². The topological polar surface area (TPSA) is 0 Å². The predicted octanol–water partition coefficient (Wildman–Crippen LogP) is 41.0. The van der Waals surface area contributed by atoms with Gasteiger partial charge in [0.1, 0.15) is 0 Å². The first kappa shape index (κ1) is 105. The molecule has 0 N–H and O–H groups in total. The zero-order chi connectivity index (χ0) is 105. The van der Waals surface area contributed by atoms with E-state index < -0.39 is 0 Å².